The summed E-state index contributed by atoms with van der Waals surface area (Å²) >= 11 is 5.26. The van der Waals surface area contributed by atoms with E-state index in [4.69, 9.17) is 16.7 Å². The number of alkyl halides is 1. The lowest BCUT2D eigenvalue weighted by atomic mass is 10.4. The number of halogens is 1. The molecule has 0 aromatic carbocycles. The van der Waals surface area contributed by atoms with Gasteiger partial charge in [-0.15, -0.1) is 11.6 Å². The molecule has 0 spiro atoms. The van der Waals surface area contributed by atoms with Gasteiger partial charge in [0.15, 0.2) is 0 Å². The molecule has 0 radical (unpaired) electrons. The number of ether oxygens (including phenoxy) is 1. The fourth-order valence-electron chi connectivity index (χ4n) is 0.648. The van der Waals surface area contributed by atoms with Crippen molar-refractivity contribution < 1.29 is 18.3 Å². The predicted octanol–water partition coefficient (Wildman–Crippen LogP) is -0.848. The monoisotopic (exact) mass is 231 g/mol. The van der Waals surface area contributed by atoms with Gasteiger partial charge in [0, 0.05) is 19.5 Å². The maximum Gasteiger partial charge on any atom is 0.212 e. The van der Waals surface area contributed by atoms with Crippen LogP contribution in [0, 0.1) is 0 Å². The minimum absolute atomic E-state index is 0.0374. The molecular formula is C6H14ClNO4S. The molecule has 1 atom stereocenters. The van der Waals surface area contributed by atoms with E-state index in [9.17, 15) is 8.42 Å². The van der Waals surface area contributed by atoms with E-state index >= 15 is 0 Å². The third-order valence-corrected chi connectivity index (χ3v) is 3.00. The number of hydrogen-bond acceptors (Lipinski definition) is 4. The zero-order valence-electron chi connectivity index (χ0n) is 7.36. The zero-order valence-corrected chi connectivity index (χ0v) is 8.94. The van der Waals surface area contributed by atoms with Crippen LogP contribution in [0.3, 0.4) is 0 Å². The molecule has 80 valence electrons. The minimum Gasteiger partial charge on any atom is -0.389 e. The average Bonchev–Trinajstić information content (AvgIpc) is 2.02. The zero-order chi connectivity index (χ0) is 10.3. The highest BCUT2D eigenvalue weighted by atomic mass is 35.5. The molecule has 7 heteroatoms. The van der Waals surface area contributed by atoms with Gasteiger partial charge in [-0.3, -0.25) is 0 Å². The molecule has 0 aromatic rings. The van der Waals surface area contributed by atoms with Gasteiger partial charge in [0.2, 0.25) is 10.0 Å². The summed E-state index contributed by atoms with van der Waals surface area (Å²) in [5, 5.41) is 9.10. The van der Waals surface area contributed by atoms with Crippen LogP contribution >= 0.6 is 11.6 Å². The van der Waals surface area contributed by atoms with Gasteiger partial charge in [0.25, 0.3) is 0 Å². The van der Waals surface area contributed by atoms with Crippen molar-refractivity contribution in [2.75, 3.05) is 31.9 Å². The maximum absolute atomic E-state index is 11.0. The molecule has 0 saturated carbocycles. The molecule has 13 heavy (non-hydrogen) atoms. The predicted molar refractivity (Wildman–Crippen MR) is 50.4 cm³/mol. The van der Waals surface area contributed by atoms with E-state index in [0.29, 0.717) is 0 Å². The van der Waals surface area contributed by atoms with Gasteiger partial charge in [-0.1, -0.05) is 0 Å². The van der Waals surface area contributed by atoms with Gasteiger partial charge in [0.05, 0.1) is 18.5 Å². The molecule has 0 saturated heterocycles. The number of nitrogens with one attached hydrogen (secondary N) is 1. The van der Waals surface area contributed by atoms with Crippen molar-refractivity contribution in [2.24, 2.45) is 0 Å². The molecule has 0 fully saturated rings. The van der Waals surface area contributed by atoms with E-state index in [1.54, 1.807) is 0 Å². The summed E-state index contributed by atoms with van der Waals surface area (Å²) in [7, 11) is -1.92. The van der Waals surface area contributed by atoms with Crippen molar-refractivity contribution in [3.05, 3.63) is 0 Å². The van der Waals surface area contributed by atoms with Crippen LogP contribution < -0.4 is 4.72 Å². The summed E-state index contributed by atoms with van der Waals surface area (Å²) in [6.07, 6.45) is -0.824. The van der Waals surface area contributed by atoms with E-state index in [0.717, 1.165) is 0 Å². The Morgan fingerprint density at radius 3 is 2.69 bits per heavy atom. The van der Waals surface area contributed by atoms with Crippen LogP contribution in [0.15, 0.2) is 0 Å². The van der Waals surface area contributed by atoms with E-state index in [2.05, 4.69) is 9.46 Å². The highest BCUT2D eigenvalue weighted by molar-refractivity contribution is 7.89. The van der Waals surface area contributed by atoms with Crippen molar-refractivity contribution in [3.8, 4) is 0 Å². The molecule has 0 amide bonds. The molecule has 0 heterocycles. The minimum atomic E-state index is -3.34. The molecule has 0 aliphatic heterocycles. The number of hydrogen-bond donors (Lipinski definition) is 2. The van der Waals surface area contributed by atoms with Gasteiger partial charge >= 0.3 is 0 Å². The summed E-state index contributed by atoms with van der Waals surface area (Å²) in [6, 6.07) is 0. The van der Waals surface area contributed by atoms with Crippen molar-refractivity contribution >= 4 is 21.6 Å². The lowest BCUT2D eigenvalue weighted by Gasteiger charge is -2.10. The largest absolute Gasteiger partial charge is 0.389 e. The van der Waals surface area contributed by atoms with Gasteiger partial charge in [-0.2, -0.15) is 0 Å². The van der Waals surface area contributed by atoms with Crippen LogP contribution in [-0.4, -0.2) is 51.5 Å². The van der Waals surface area contributed by atoms with Crippen LogP contribution in [0.25, 0.3) is 0 Å². The highest BCUT2D eigenvalue weighted by Gasteiger charge is 2.11. The second kappa shape index (κ2) is 6.56. The van der Waals surface area contributed by atoms with Crippen LogP contribution in [0.4, 0.5) is 0 Å². The highest BCUT2D eigenvalue weighted by Crippen LogP contribution is 1.88. The summed E-state index contributed by atoms with van der Waals surface area (Å²) in [6.45, 7) is 0.0520. The number of aliphatic hydroxyl groups excluding tert-OH is 1. The summed E-state index contributed by atoms with van der Waals surface area (Å²) < 4.78 is 28.8. The molecule has 2 N–H and O–H groups in total. The first-order valence-corrected chi connectivity index (χ1v) is 5.91. The Labute approximate surface area is 83.1 Å². The topological polar surface area (TPSA) is 75.6 Å². The molecular weight excluding hydrogens is 218 g/mol. The molecule has 1 unspecified atom stereocenters. The van der Waals surface area contributed by atoms with E-state index in [1.807, 2.05) is 0 Å². The fourth-order valence-corrected chi connectivity index (χ4v) is 2.05. The Kier molecular flexibility index (Phi) is 6.62. The quantitative estimate of drug-likeness (QED) is 0.560. The average molecular weight is 232 g/mol. The summed E-state index contributed by atoms with van der Waals surface area (Å²) in [5.74, 6) is -0.107. The third-order valence-electron chi connectivity index (χ3n) is 1.24. The normalized spacial score (nSPS) is 14.4. The number of sulfonamides is 1. The number of aliphatic hydroxyl groups is 1. The molecule has 0 aliphatic rings. The Morgan fingerprint density at radius 1 is 1.62 bits per heavy atom. The van der Waals surface area contributed by atoms with E-state index in [-0.39, 0.29) is 24.8 Å². The smallest absolute Gasteiger partial charge is 0.212 e. The Morgan fingerprint density at radius 2 is 2.23 bits per heavy atom. The lowest BCUT2D eigenvalue weighted by molar-refractivity contribution is 0.0679. The number of methoxy groups -OCH3 is 1. The first-order chi connectivity index (χ1) is 6.02. The van der Waals surface area contributed by atoms with E-state index in [1.165, 1.54) is 7.11 Å². The van der Waals surface area contributed by atoms with Crippen molar-refractivity contribution in [1.29, 1.82) is 0 Å². The fraction of sp³-hybridized carbons (Fsp3) is 1.00. The molecule has 5 nitrogen and oxygen atoms in total. The van der Waals surface area contributed by atoms with Crippen LogP contribution in [-0.2, 0) is 14.8 Å². The Bertz CT molecular complexity index is 219. The van der Waals surface area contributed by atoms with Gasteiger partial charge < -0.3 is 9.84 Å². The lowest BCUT2D eigenvalue weighted by Crippen LogP contribution is -2.35. The third kappa shape index (κ3) is 7.21. The maximum atomic E-state index is 11.0. The van der Waals surface area contributed by atoms with Crippen molar-refractivity contribution in [3.63, 3.8) is 0 Å². The van der Waals surface area contributed by atoms with Crippen LogP contribution in [0.5, 0.6) is 0 Å². The SMILES string of the molecule is COCC(O)CNS(=O)(=O)CCCl. The Balaban J connectivity index is 3.74. The molecule has 0 bridgehead atoms. The van der Waals surface area contributed by atoms with Gasteiger partial charge in [-0.25, -0.2) is 13.1 Å². The van der Waals surface area contributed by atoms with Crippen LogP contribution in [0.2, 0.25) is 0 Å². The van der Waals surface area contributed by atoms with Gasteiger partial charge in [0.1, 0.15) is 0 Å². The second-order valence-corrected chi connectivity index (χ2v) is 4.77. The second-order valence-electron chi connectivity index (χ2n) is 2.47. The first-order valence-electron chi connectivity index (χ1n) is 3.72. The van der Waals surface area contributed by atoms with Crippen molar-refractivity contribution in [1.82, 2.24) is 4.72 Å². The molecule has 0 aromatic heterocycles. The van der Waals surface area contributed by atoms with Crippen molar-refractivity contribution in [2.45, 2.75) is 6.10 Å². The Hall–Kier alpha value is 0.120. The van der Waals surface area contributed by atoms with E-state index < -0.39 is 16.1 Å². The first kappa shape index (κ1) is 13.1. The summed E-state index contributed by atoms with van der Waals surface area (Å²) in [4.78, 5) is 0. The summed E-state index contributed by atoms with van der Waals surface area (Å²) in [5.41, 5.74) is 0. The van der Waals surface area contributed by atoms with Gasteiger partial charge in [-0.05, 0) is 0 Å². The molecule has 0 rings (SSSR count). The van der Waals surface area contributed by atoms with Crippen LogP contribution in [0.1, 0.15) is 0 Å². The number of rotatable bonds is 7. The standard InChI is InChI=1S/C6H14ClNO4S/c1-12-5-6(9)4-8-13(10,11)3-2-7/h6,8-9H,2-5H2,1H3. The molecule has 0 aliphatic carbocycles.